The van der Waals surface area contributed by atoms with E-state index in [1.807, 2.05) is 0 Å². The van der Waals surface area contributed by atoms with Crippen molar-refractivity contribution >= 4 is 7.82 Å². The van der Waals surface area contributed by atoms with Gasteiger partial charge in [0.1, 0.15) is 26.2 Å². The Balaban J connectivity index is 1.09. The molecule has 1 saturated heterocycles. The van der Waals surface area contributed by atoms with E-state index in [0.717, 1.165) is 73.7 Å². The Morgan fingerprint density at radius 1 is 1.03 bits per heavy atom. The van der Waals surface area contributed by atoms with Crippen LogP contribution in [0.5, 0.6) is 0 Å². The van der Waals surface area contributed by atoms with E-state index in [-0.39, 0.29) is 13.2 Å². The summed E-state index contributed by atoms with van der Waals surface area (Å²) in [5.41, 5.74) is 1.73. The van der Waals surface area contributed by atoms with Crippen LogP contribution in [0.4, 0.5) is 0 Å². The average molecular weight is 428 g/mol. The van der Waals surface area contributed by atoms with Crippen molar-refractivity contribution in [3.05, 3.63) is 11.6 Å². The third-order valence-corrected chi connectivity index (χ3v) is 8.74. The number of likely N-dealkylation sites (N-methyl/N-ethyl adjacent to an activating group) is 1. The van der Waals surface area contributed by atoms with Gasteiger partial charge in [0.25, 0.3) is 7.82 Å². The van der Waals surface area contributed by atoms with Crippen LogP contribution in [0.1, 0.15) is 51.4 Å². The molecule has 1 unspecified atom stereocenters. The smallest absolute Gasteiger partial charge is 0.268 e. The Labute approximate surface area is 175 Å². The van der Waals surface area contributed by atoms with E-state index < -0.39 is 7.82 Å². The molecule has 0 amide bonds. The number of morpholine rings is 1. The van der Waals surface area contributed by atoms with Crippen LogP contribution in [-0.2, 0) is 18.3 Å². The maximum atomic E-state index is 12.0. The molecule has 4 saturated carbocycles. The zero-order valence-corrected chi connectivity index (χ0v) is 18.8. The van der Waals surface area contributed by atoms with Crippen LogP contribution in [-0.4, -0.2) is 57.6 Å². The number of hydrogen-bond acceptors (Lipinski definition) is 5. The predicted octanol–water partition coefficient (Wildman–Crippen LogP) is 3.52. The first kappa shape index (κ1) is 22.0. The molecule has 4 aliphatic carbocycles. The highest BCUT2D eigenvalue weighted by atomic mass is 31.2. The molecule has 0 spiro atoms. The second-order valence-electron chi connectivity index (χ2n) is 10.0. The Kier molecular flexibility index (Phi) is 7.20. The molecule has 5 fully saturated rings. The number of hydrogen-bond donors (Lipinski definition) is 0. The van der Waals surface area contributed by atoms with Gasteiger partial charge >= 0.3 is 0 Å². The van der Waals surface area contributed by atoms with Crippen molar-refractivity contribution in [1.29, 1.82) is 0 Å². The summed E-state index contributed by atoms with van der Waals surface area (Å²) in [4.78, 5) is 12.0. The van der Waals surface area contributed by atoms with E-state index in [1.165, 1.54) is 32.1 Å². The molecule has 0 aromatic rings. The largest absolute Gasteiger partial charge is 0.756 e. The fourth-order valence-electron chi connectivity index (χ4n) is 6.17. The van der Waals surface area contributed by atoms with E-state index in [9.17, 15) is 9.46 Å². The van der Waals surface area contributed by atoms with Gasteiger partial charge in [-0.15, -0.1) is 0 Å². The number of phosphoric acid groups is 1. The van der Waals surface area contributed by atoms with Gasteiger partial charge in [0.05, 0.1) is 26.9 Å². The summed E-state index contributed by atoms with van der Waals surface area (Å²) in [6.45, 7) is 4.30. The molecule has 7 heteroatoms. The maximum absolute atomic E-state index is 12.0. The third-order valence-electron chi connectivity index (χ3n) is 7.74. The molecule has 0 N–H and O–H groups in total. The first-order valence-electron chi connectivity index (χ1n) is 11.6. The van der Waals surface area contributed by atoms with Crippen molar-refractivity contribution in [1.82, 2.24) is 0 Å². The Hall–Kier alpha value is -0.230. The molecule has 1 aliphatic heterocycles. The Morgan fingerprint density at radius 3 is 2.31 bits per heavy atom. The van der Waals surface area contributed by atoms with E-state index >= 15 is 0 Å². The highest BCUT2D eigenvalue weighted by molar-refractivity contribution is 7.45. The monoisotopic (exact) mass is 427 g/mol. The van der Waals surface area contributed by atoms with Crippen molar-refractivity contribution in [3.63, 3.8) is 0 Å². The summed E-state index contributed by atoms with van der Waals surface area (Å²) in [6.07, 6.45) is 12.4. The predicted molar refractivity (Wildman–Crippen MR) is 110 cm³/mol. The molecule has 166 valence electrons. The molecule has 6 nitrogen and oxygen atoms in total. The zero-order valence-electron chi connectivity index (χ0n) is 17.9. The third kappa shape index (κ3) is 5.93. The summed E-state index contributed by atoms with van der Waals surface area (Å²) in [7, 11) is -2.08. The molecular formula is C22H38NO5P. The number of quaternary nitrogens is 1. The summed E-state index contributed by atoms with van der Waals surface area (Å²) < 4.78 is 28.3. The van der Waals surface area contributed by atoms with Gasteiger partial charge in [0.2, 0.25) is 0 Å². The highest BCUT2D eigenvalue weighted by Gasteiger charge is 2.44. The van der Waals surface area contributed by atoms with Gasteiger partial charge < -0.3 is 23.2 Å². The van der Waals surface area contributed by atoms with Gasteiger partial charge in [0, 0.05) is 0 Å². The van der Waals surface area contributed by atoms with Crippen LogP contribution >= 0.6 is 7.82 Å². The lowest BCUT2D eigenvalue weighted by Gasteiger charge is -2.51. The molecule has 4 bridgehead atoms. The van der Waals surface area contributed by atoms with Gasteiger partial charge in [-0.25, -0.2) is 0 Å². The Morgan fingerprint density at radius 2 is 1.66 bits per heavy atom. The van der Waals surface area contributed by atoms with Crippen LogP contribution in [0.2, 0.25) is 0 Å². The van der Waals surface area contributed by atoms with Crippen molar-refractivity contribution < 1.29 is 27.7 Å². The minimum Gasteiger partial charge on any atom is -0.756 e. The van der Waals surface area contributed by atoms with Crippen LogP contribution in [0.15, 0.2) is 11.6 Å². The summed E-state index contributed by atoms with van der Waals surface area (Å²) in [5, 5.41) is 0. The lowest BCUT2D eigenvalue weighted by atomic mass is 9.54. The number of nitrogens with zero attached hydrogens (tertiary/aromatic N) is 1. The molecule has 0 radical (unpaired) electrons. The number of rotatable bonds is 10. The van der Waals surface area contributed by atoms with Crippen LogP contribution in [0.3, 0.4) is 0 Å². The Bertz CT molecular complexity index is 601. The standard InChI is InChI=1S/C22H38NO5P/c1-23(6-10-26-11-7-23)8-12-28-29(24,25)27-9-4-2-3-5-22-20-14-18-13-19(16-20)17-21(22)15-18/h5,18-21H,2-4,6-17H2,1H3. The fraction of sp³-hybridized carbons (Fsp3) is 0.909. The molecule has 0 aromatic carbocycles. The molecule has 1 heterocycles. The topological polar surface area (TPSA) is 67.8 Å². The van der Waals surface area contributed by atoms with Gasteiger partial charge in [-0.2, -0.15) is 0 Å². The van der Waals surface area contributed by atoms with Gasteiger partial charge in [-0.1, -0.05) is 11.6 Å². The molecule has 1 atom stereocenters. The first-order chi connectivity index (χ1) is 13.9. The van der Waals surface area contributed by atoms with E-state index in [1.54, 1.807) is 5.57 Å². The summed E-state index contributed by atoms with van der Waals surface area (Å²) in [6, 6.07) is 0. The summed E-state index contributed by atoms with van der Waals surface area (Å²) >= 11 is 0. The summed E-state index contributed by atoms with van der Waals surface area (Å²) in [5.74, 6) is 3.71. The lowest BCUT2D eigenvalue weighted by molar-refractivity contribution is -0.916. The van der Waals surface area contributed by atoms with E-state index in [4.69, 9.17) is 13.8 Å². The van der Waals surface area contributed by atoms with Crippen molar-refractivity contribution in [2.24, 2.45) is 23.7 Å². The van der Waals surface area contributed by atoms with Crippen molar-refractivity contribution in [2.75, 3.05) is 53.1 Å². The quantitative estimate of drug-likeness (QED) is 0.231. The van der Waals surface area contributed by atoms with Crippen LogP contribution < -0.4 is 4.89 Å². The normalized spacial score (nSPS) is 34.9. The SMILES string of the molecule is C[N+]1(CCOP(=O)([O-])OCCCCC=C2C3CC4CC(C3)CC2C4)CCOCC1. The fourth-order valence-corrected chi connectivity index (χ4v) is 6.90. The van der Waals surface area contributed by atoms with Crippen LogP contribution in [0.25, 0.3) is 0 Å². The average Bonchev–Trinajstić information content (AvgIpc) is 2.66. The lowest BCUT2D eigenvalue weighted by Crippen LogP contribution is -2.53. The molecular weight excluding hydrogens is 389 g/mol. The number of ether oxygens (including phenoxy) is 1. The van der Waals surface area contributed by atoms with Gasteiger partial charge in [-0.3, -0.25) is 4.57 Å². The second kappa shape index (κ2) is 9.50. The molecule has 5 aliphatic rings. The van der Waals surface area contributed by atoms with E-state index in [0.29, 0.717) is 6.54 Å². The number of allylic oxidation sites excluding steroid dienone is 2. The molecule has 0 aromatic heterocycles. The number of phosphoric ester groups is 1. The van der Waals surface area contributed by atoms with Gasteiger partial charge in [0.15, 0.2) is 0 Å². The van der Waals surface area contributed by atoms with Crippen molar-refractivity contribution in [3.8, 4) is 0 Å². The molecule has 5 rings (SSSR count). The first-order valence-corrected chi connectivity index (χ1v) is 13.1. The number of unbranched alkanes of at least 4 members (excludes halogenated alkanes) is 2. The van der Waals surface area contributed by atoms with Crippen LogP contribution in [0, 0.1) is 23.7 Å². The highest BCUT2D eigenvalue weighted by Crippen LogP contribution is 2.56. The van der Waals surface area contributed by atoms with E-state index in [2.05, 4.69) is 13.1 Å². The van der Waals surface area contributed by atoms with Crippen molar-refractivity contribution in [2.45, 2.75) is 51.4 Å². The van der Waals surface area contributed by atoms with Gasteiger partial charge in [-0.05, 0) is 75.0 Å². The second-order valence-corrected chi connectivity index (χ2v) is 11.4. The maximum Gasteiger partial charge on any atom is 0.268 e. The zero-order chi connectivity index (χ0) is 20.3. The minimum absolute atomic E-state index is 0.175. The minimum atomic E-state index is -4.19. The molecule has 29 heavy (non-hydrogen) atoms.